The first-order chi connectivity index (χ1) is 12.2. The van der Waals surface area contributed by atoms with Gasteiger partial charge >= 0.3 is 6.03 Å². The first-order valence-corrected chi connectivity index (χ1v) is 8.45. The Bertz CT molecular complexity index is 900. The van der Waals surface area contributed by atoms with E-state index >= 15 is 0 Å². The minimum atomic E-state index is -0.358. The van der Waals surface area contributed by atoms with E-state index in [1.54, 1.807) is 12.1 Å². The molecular formula is C17H17N5O2S. The summed E-state index contributed by atoms with van der Waals surface area (Å²) in [7, 11) is 0. The number of H-pyrrole nitrogens is 1. The van der Waals surface area contributed by atoms with Crippen molar-refractivity contribution in [2.45, 2.75) is 6.54 Å². The molecule has 0 bridgehead atoms. The summed E-state index contributed by atoms with van der Waals surface area (Å²) >= 11 is 1.26. The van der Waals surface area contributed by atoms with Crippen LogP contribution >= 0.6 is 11.3 Å². The number of thiophene rings is 1. The number of hydrogen-bond donors (Lipinski definition) is 4. The second-order valence-corrected chi connectivity index (χ2v) is 6.27. The molecule has 8 heteroatoms. The number of carbonyl (C=O) groups is 2. The smallest absolute Gasteiger partial charge is 0.320 e. The van der Waals surface area contributed by atoms with Gasteiger partial charge in [0.15, 0.2) is 5.82 Å². The maximum atomic E-state index is 12.0. The highest BCUT2D eigenvalue weighted by Crippen LogP contribution is 2.29. The van der Waals surface area contributed by atoms with Crippen molar-refractivity contribution in [2.75, 3.05) is 11.9 Å². The van der Waals surface area contributed by atoms with E-state index in [0.29, 0.717) is 29.3 Å². The fourth-order valence-electron chi connectivity index (χ4n) is 2.20. The van der Waals surface area contributed by atoms with E-state index in [2.05, 4.69) is 32.7 Å². The Morgan fingerprint density at radius 2 is 2.04 bits per heavy atom. The van der Waals surface area contributed by atoms with Crippen LogP contribution in [0.1, 0.15) is 15.2 Å². The van der Waals surface area contributed by atoms with E-state index in [1.165, 1.54) is 11.3 Å². The van der Waals surface area contributed by atoms with Crippen molar-refractivity contribution < 1.29 is 9.59 Å². The Kier molecular flexibility index (Phi) is 5.10. The number of anilines is 1. The minimum Gasteiger partial charge on any atom is -0.348 e. The van der Waals surface area contributed by atoms with Gasteiger partial charge in [-0.25, -0.2) is 4.79 Å². The molecule has 25 heavy (non-hydrogen) atoms. The third kappa shape index (κ3) is 4.04. The number of amides is 3. The molecule has 0 spiro atoms. The molecule has 2 aromatic heterocycles. The fraction of sp³-hybridized carbons (Fsp3) is 0.118. The van der Waals surface area contributed by atoms with Gasteiger partial charge in [-0.3, -0.25) is 15.2 Å². The van der Waals surface area contributed by atoms with Crippen LogP contribution in [0.5, 0.6) is 0 Å². The number of carbonyl (C=O) groups excluding carboxylic acids is 2. The Balaban J connectivity index is 1.65. The monoisotopic (exact) mass is 355 g/mol. The van der Waals surface area contributed by atoms with Gasteiger partial charge in [-0.1, -0.05) is 36.4 Å². The summed E-state index contributed by atoms with van der Waals surface area (Å²) in [6, 6.07) is 11.0. The molecule has 0 saturated carbocycles. The van der Waals surface area contributed by atoms with E-state index in [9.17, 15) is 9.59 Å². The number of nitrogens with zero attached hydrogens (tertiary/aromatic N) is 1. The van der Waals surface area contributed by atoms with Crippen molar-refractivity contribution in [1.82, 2.24) is 20.8 Å². The van der Waals surface area contributed by atoms with Crippen LogP contribution in [-0.4, -0.2) is 28.7 Å². The second kappa shape index (κ2) is 7.63. The summed E-state index contributed by atoms with van der Waals surface area (Å²) in [6.45, 7) is 4.38. The van der Waals surface area contributed by atoms with Crippen molar-refractivity contribution in [3.05, 3.63) is 59.5 Å². The van der Waals surface area contributed by atoms with Crippen LogP contribution in [0.25, 0.3) is 10.2 Å². The van der Waals surface area contributed by atoms with Gasteiger partial charge < -0.3 is 10.6 Å². The van der Waals surface area contributed by atoms with Crippen LogP contribution < -0.4 is 16.0 Å². The first-order valence-electron chi connectivity index (χ1n) is 7.63. The Morgan fingerprint density at radius 3 is 2.80 bits per heavy atom. The third-order valence-electron chi connectivity index (χ3n) is 3.39. The second-order valence-electron chi connectivity index (χ2n) is 5.22. The quantitative estimate of drug-likeness (QED) is 0.512. The highest BCUT2D eigenvalue weighted by atomic mass is 32.1. The molecule has 128 valence electrons. The van der Waals surface area contributed by atoms with E-state index in [4.69, 9.17) is 0 Å². The molecule has 3 rings (SSSR count). The number of fused-ring (bicyclic) bond motifs is 1. The number of aromatic amines is 1. The SMILES string of the molecule is C=CCNC(=O)c1cc2[nH]nc(NC(=O)NCc3ccccc3)c2s1. The maximum Gasteiger partial charge on any atom is 0.320 e. The number of rotatable bonds is 6. The first kappa shape index (κ1) is 16.7. The van der Waals surface area contributed by atoms with Gasteiger partial charge in [0.25, 0.3) is 5.91 Å². The van der Waals surface area contributed by atoms with Gasteiger partial charge in [0, 0.05) is 13.1 Å². The number of benzene rings is 1. The zero-order valence-corrected chi connectivity index (χ0v) is 14.2. The molecule has 1 aromatic carbocycles. The molecule has 3 aromatic rings. The highest BCUT2D eigenvalue weighted by Gasteiger charge is 2.16. The zero-order chi connectivity index (χ0) is 17.6. The number of hydrogen-bond acceptors (Lipinski definition) is 4. The summed E-state index contributed by atoms with van der Waals surface area (Å²) in [6.07, 6.45) is 1.61. The lowest BCUT2D eigenvalue weighted by Crippen LogP contribution is -2.28. The van der Waals surface area contributed by atoms with E-state index < -0.39 is 0 Å². The summed E-state index contributed by atoms with van der Waals surface area (Å²) in [5.74, 6) is 0.210. The molecule has 4 N–H and O–H groups in total. The highest BCUT2D eigenvalue weighted by molar-refractivity contribution is 7.21. The van der Waals surface area contributed by atoms with Crippen molar-refractivity contribution in [1.29, 1.82) is 0 Å². The lowest BCUT2D eigenvalue weighted by molar-refractivity contribution is 0.0962. The van der Waals surface area contributed by atoms with E-state index in [-0.39, 0.29) is 11.9 Å². The van der Waals surface area contributed by atoms with Crippen LogP contribution in [0, 0.1) is 0 Å². The molecule has 0 unspecified atom stereocenters. The van der Waals surface area contributed by atoms with E-state index in [1.807, 2.05) is 30.3 Å². The summed E-state index contributed by atoms with van der Waals surface area (Å²) < 4.78 is 0.721. The van der Waals surface area contributed by atoms with Crippen LogP contribution in [0.2, 0.25) is 0 Å². The van der Waals surface area contributed by atoms with Gasteiger partial charge in [-0.2, -0.15) is 5.10 Å². The van der Waals surface area contributed by atoms with Gasteiger partial charge in [0.05, 0.1) is 15.1 Å². The molecule has 0 aliphatic heterocycles. The molecule has 7 nitrogen and oxygen atoms in total. The molecule has 0 radical (unpaired) electrons. The summed E-state index contributed by atoms with van der Waals surface area (Å²) in [4.78, 5) is 24.6. The third-order valence-corrected chi connectivity index (χ3v) is 4.53. The van der Waals surface area contributed by atoms with Gasteiger partial charge in [-0.15, -0.1) is 17.9 Å². The lowest BCUT2D eigenvalue weighted by atomic mass is 10.2. The molecule has 0 saturated heterocycles. The fourth-order valence-corrected chi connectivity index (χ4v) is 3.16. The standard InChI is InChI=1S/C17H17N5O2S/c1-2-8-18-16(23)13-9-12-14(25-13)15(22-21-12)20-17(24)19-10-11-6-4-3-5-7-11/h2-7,9H,1,8,10H2,(H,18,23)(H3,19,20,21,22,24). The van der Waals surface area contributed by atoms with Gasteiger partial charge in [0.2, 0.25) is 0 Å². The molecule has 0 atom stereocenters. The predicted molar refractivity (Wildman–Crippen MR) is 98.8 cm³/mol. The van der Waals surface area contributed by atoms with Crippen LogP contribution in [-0.2, 0) is 6.54 Å². The Labute approximate surface area is 148 Å². The van der Waals surface area contributed by atoms with Crippen LogP contribution in [0.4, 0.5) is 10.6 Å². The van der Waals surface area contributed by atoms with Crippen molar-refractivity contribution in [2.24, 2.45) is 0 Å². The zero-order valence-electron chi connectivity index (χ0n) is 13.3. The topological polar surface area (TPSA) is 98.9 Å². The van der Waals surface area contributed by atoms with Crippen molar-refractivity contribution >= 4 is 39.3 Å². The predicted octanol–water partition coefficient (Wildman–Crippen LogP) is 2.86. The van der Waals surface area contributed by atoms with Crippen LogP contribution in [0.15, 0.2) is 49.1 Å². The van der Waals surface area contributed by atoms with Gasteiger partial charge in [0.1, 0.15) is 0 Å². The molecule has 3 amide bonds. The number of urea groups is 1. The average molecular weight is 355 g/mol. The maximum absolute atomic E-state index is 12.0. The average Bonchev–Trinajstić information content (AvgIpc) is 3.21. The molecular weight excluding hydrogens is 338 g/mol. The minimum absolute atomic E-state index is 0.186. The van der Waals surface area contributed by atoms with Gasteiger partial charge in [-0.05, 0) is 11.6 Å². The molecule has 0 fully saturated rings. The molecule has 0 aliphatic carbocycles. The largest absolute Gasteiger partial charge is 0.348 e. The van der Waals surface area contributed by atoms with Crippen molar-refractivity contribution in [3.8, 4) is 0 Å². The number of nitrogens with one attached hydrogen (secondary N) is 4. The lowest BCUT2D eigenvalue weighted by Gasteiger charge is -2.05. The van der Waals surface area contributed by atoms with E-state index in [0.717, 1.165) is 10.3 Å². The summed E-state index contributed by atoms with van der Waals surface area (Å²) in [5.41, 5.74) is 1.70. The molecule has 0 aliphatic rings. The Hall–Kier alpha value is -3.13. The number of aromatic nitrogens is 2. The summed E-state index contributed by atoms with van der Waals surface area (Å²) in [5, 5.41) is 15.1. The normalized spacial score (nSPS) is 10.4. The molecule has 2 heterocycles. The van der Waals surface area contributed by atoms with Crippen LogP contribution in [0.3, 0.4) is 0 Å². The van der Waals surface area contributed by atoms with Crippen molar-refractivity contribution in [3.63, 3.8) is 0 Å². The Morgan fingerprint density at radius 1 is 1.24 bits per heavy atom.